The van der Waals surface area contributed by atoms with E-state index in [-0.39, 0.29) is 24.3 Å². The van der Waals surface area contributed by atoms with Crippen molar-refractivity contribution >= 4 is 23.8 Å². The van der Waals surface area contributed by atoms with E-state index in [1.54, 1.807) is 12.1 Å². The van der Waals surface area contributed by atoms with E-state index in [1.165, 1.54) is 6.92 Å². The van der Waals surface area contributed by atoms with Crippen LogP contribution in [0.25, 0.3) is 0 Å². The van der Waals surface area contributed by atoms with Crippen LogP contribution in [0.15, 0.2) is 24.3 Å². The number of benzene rings is 1. The van der Waals surface area contributed by atoms with Crippen molar-refractivity contribution < 1.29 is 23.9 Å². The lowest BCUT2D eigenvalue weighted by molar-refractivity contribution is -0.154. The van der Waals surface area contributed by atoms with Gasteiger partial charge in [0.15, 0.2) is 6.10 Å². The number of carbonyl (C=O) groups is 4. The molecule has 0 aliphatic carbocycles. The summed E-state index contributed by atoms with van der Waals surface area (Å²) in [6.45, 7) is 7.61. The van der Waals surface area contributed by atoms with Crippen LogP contribution in [0.1, 0.15) is 50.0 Å². The summed E-state index contributed by atoms with van der Waals surface area (Å²) in [4.78, 5) is 45.7. The standard InChI is InChI=1S/C18H25N3O5/c1-11(15(23)21-17(19)25)26-14(22)9-10-20-16(24)12-5-7-13(8-6-12)18(2,3)4/h5-8,11H,9-10H2,1-4H3,(H,20,24)(H3,19,21,23,25)/t11-/m0/s1. The fraction of sp³-hybridized carbons (Fsp3) is 0.444. The Kier molecular flexibility index (Phi) is 7.30. The first-order chi connectivity index (χ1) is 12.0. The van der Waals surface area contributed by atoms with Gasteiger partial charge in [-0.1, -0.05) is 32.9 Å². The first-order valence-electron chi connectivity index (χ1n) is 8.19. The molecule has 0 aliphatic rings. The molecule has 1 aromatic carbocycles. The molecule has 0 bridgehead atoms. The molecular weight excluding hydrogens is 338 g/mol. The number of urea groups is 1. The Morgan fingerprint density at radius 3 is 2.19 bits per heavy atom. The van der Waals surface area contributed by atoms with Crippen molar-refractivity contribution in [2.75, 3.05) is 6.54 Å². The molecular formula is C18H25N3O5. The largest absolute Gasteiger partial charge is 0.452 e. The highest BCUT2D eigenvalue weighted by atomic mass is 16.5. The van der Waals surface area contributed by atoms with Gasteiger partial charge in [0.2, 0.25) is 0 Å². The minimum atomic E-state index is -1.16. The van der Waals surface area contributed by atoms with Crippen molar-refractivity contribution in [3.05, 3.63) is 35.4 Å². The zero-order chi connectivity index (χ0) is 19.9. The van der Waals surface area contributed by atoms with Crippen LogP contribution in [0.3, 0.4) is 0 Å². The number of hydrogen-bond acceptors (Lipinski definition) is 5. The number of imide groups is 1. The molecule has 26 heavy (non-hydrogen) atoms. The minimum absolute atomic E-state index is 0.00371. The molecule has 0 radical (unpaired) electrons. The predicted molar refractivity (Wildman–Crippen MR) is 95.4 cm³/mol. The van der Waals surface area contributed by atoms with Crippen molar-refractivity contribution in [2.45, 2.75) is 45.6 Å². The second-order valence-electron chi connectivity index (χ2n) is 6.82. The van der Waals surface area contributed by atoms with Gasteiger partial charge in [-0.05, 0) is 30.0 Å². The Morgan fingerprint density at radius 2 is 1.69 bits per heavy atom. The van der Waals surface area contributed by atoms with Crippen LogP contribution in [0, 0.1) is 0 Å². The fourth-order valence-electron chi connectivity index (χ4n) is 2.03. The van der Waals surface area contributed by atoms with Crippen LogP contribution in [-0.2, 0) is 19.7 Å². The van der Waals surface area contributed by atoms with E-state index < -0.39 is 24.0 Å². The van der Waals surface area contributed by atoms with E-state index in [4.69, 9.17) is 10.5 Å². The van der Waals surface area contributed by atoms with Gasteiger partial charge >= 0.3 is 12.0 Å². The van der Waals surface area contributed by atoms with Gasteiger partial charge in [0.25, 0.3) is 11.8 Å². The van der Waals surface area contributed by atoms with Crippen molar-refractivity contribution in [1.29, 1.82) is 0 Å². The Bertz CT molecular complexity index is 677. The summed E-state index contributed by atoms with van der Waals surface area (Å²) >= 11 is 0. The van der Waals surface area contributed by atoms with Gasteiger partial charge in [0.1, 0.15) is 0 Å². The van der Waals surface area contributed by atoms with Crippen LogP contribution < -0.4 is 16.4 Å². The molecule has 1 rings (SSSR count). The third kappa shape index (κ3) is 6.92. The molecule has 0 aromatic heterocycles. The maximum atomic E-state index is 12.1. The van der Waals surface area contributed by atoms with Crippen LogP contribution in [0.2, 0.25) is 0 Å². The second-order valence-corrected chi connectivity index (χ2v) is 6.82. The van der Waals surface area contributed by atoms with Crippen LogP contribution in [-0.4, -0.2) is 36.5 Å². The number of primary amides is 1. The maximum absolute atomic E-state index is 12.1. The molecule has 0 fully saturated rings. The first kappa shape index (κ1) is 21.1. The van der Waals surface area contributed by atoms with E-state index in [0.717, 1.165) is 5.56 Å². The minimum Gasteiger partial charge on any atom is -0.452 e. The average molecular weight is 363 g/mol. The SMILES string of the molecule is C[C@H](OC(=O)CCNC(=O)c1ccc(C(C)(C)C)cc1)C(=O)NC(N)=O. The topological polar surface area (TPSA) is 128 Å². The Morgan fingerprint density at radius 1 is 1.12 bits per heavy atom. The Balaban J connectivity index is 2.42. The molecule has 0 spiro atoms. The molecule has 0 heterocycles. The quantitative estimate of drug-likeness (QED) is 0.655. The van der Waals surface area contributed by atoms with Crippen LogP contribution >= 0.6 is 0 Å². The molecule has 0 saturated heterocycles. The van der Waals surface area contributed by atoms with Gasteiger partial charge in [0, 0.05) is 12.1 Å². The lowest BCUT2D eigenvalue weighted by Gasteiger charge is -2.19. The number of hydrogen-bond donors (Lipinski definition) is 3. The highest BCUT2D eigenvalue weighted by Crippen LogP contribution is 2.22. The summed E-state index contributed by atoms with van der Waals surface area (Å²) in [6, 6.07) is 6.21. The van der Waals surface area contributed by atoms with Gasteiger partial charge in [-0.2, -0.15) is 0 Å². The number of nitrogens with one attached hydrogen (secondary N) is 2. The molecule has 8 nitrogen and oxygen atoms in total. The monoisotopic (exact) mass is 363 g/mol. The Hall–Kier alpha value is -2.90. The summed E-state index contributed by atoms with van der Waals surface area (Å²) in [5.41, 5.74) is 6.40. The molecule has 1 aromatic rings. The molecule has 142 valence electrons. The van der Waals surface area contributed by atoms with E-state index >= 15 is 0 Å². The lowest BCUT2D eigenvalue weighted by atomic mass is 9.87. The smallest absolute Gasteiger partial charge is 0.318 e. The lowest BCUT2D eigenvalue weighted by Crippen LogP contribution is -2.42. The molecule has 0 unspecified atom stereocenters. The molecule has 1 atom stereocenters. The number of amides is 4. The normalized spacial score (nSPS) is 12.0. The molecule has 4 amide bonds. The van der Waals surface area contributed by atoms with E-state index in [0.29, 0.717) is 5.56 Å². The first-order valence-corrected chi connectivity index (χ1v) is 8.19. The van der Waals surface area contributed by atoms with Gasteiger partial charge < -0.3 is 15.8 Å². The van der Waals surface area contributed by atoms with E-state index in [1.807, 2.05) is 17.4 Å². The van der Waals surface area contributed by atoms with Crippen molar-refractivity contribution in [2.24, 2.45) is 5.73 Å². The summed E-state index contributed by atoms with van der Waals surface area (Å²) < 4.78 is 4.84. The van der Waals surface area contributed by atoms with Crippen molar-refractivity contribution in [1.82, 2.24) is 10.6 Å². The van der Waals surface area contributed by atoms with Gasteiger partial charge in [-0.15, -0.1) is 0 Å². The van der Waals surface area contributed by atoms with Crippen LogP contribution in [0.5, 0.6) is 0 Å². The highest BCUT2D eigenvalue weighted by Gasteiger charge is 2.19. The third-order valence-electron chi connectivity index (χ3n) is 3.55. The number of esters is 1. The van der Waals surface area contributed by atoms with Gasteiger partial charge in [-0.3, -0.25) is 19.7 Å². The molecule has 8 heteroatoms. The third-order valence-corrected chi connectivity index (χ3v) is 3.55. The number of carbonyl (C=O) groups excluding carboxylic acids is 4. The number of ether oxygens (including phenoxy) is 1. The Labute approximate surface area is 152 Å². The van der Waals surface area contributed by atoms with Crippen molar-refractivity contribution in [3.63, 3.8) is 0 Å². The summed E-state index contributed by atoms with van der Waals surface area (Å²) in [6.07, 6.45) is -1.27. The maximum Gasteiger partial charge on any atom is 0.318 e. The predicted octanol–water partition coefficient (Wildman–Crippen LogP) is 1.23. The molecule has 4 N–H and O–H groups in total. The number of rotatable bonds is 6. The van der Waals surface area contributed by atoms with Gasteiger partial charge in [0.05, 0.1) is 6.42 Å². The van der Waals surface area contributed by atoms with E-state index in [2.05, 4.69) is 26.1 Å². The zero-order valence-electron chi connectivity index (χ0n) is 15.4. The van der Waals surface area contributed by atoms with E-state index in [9.17, 15) is 19.2 Å². The second kappa shape index (κ2) is 8.98. The molecule has 0 saturated carbocycles. The summed E-state index contributed by atoms with van der Waals surface area (Å²) in [5, 5.41) is 4.42. The molecule has 0 aliphatic heterocycles. The zero-order valence-corrected chi connectivity index (χ0v) is 15.4. The average Bonchev–Trinajstić information content (AvgIpc) is 2.53. The number of nitrogens with two attached hydrogens (primary N) is 1. The van der Waals surface area contributed by atoms with Crippen molar-refractivity contribution in [3.8, 4) is 0 Å². The van der Waals surface area contributed by atoms with Gasteiger partial charge in [-0.25, -0.2) is 4.79 Å². The highest BCUT2D eigenvalue weighted by molar-refractivity contribution is 5.96. The fourth-order valence-corrected chi connectivity index (χ4v) is 2.03. The summed E-state index contributed by atoms with van der Waals surface area (Å²) in [5.74, 6) is -1.80. The summed E-state index contributed by atoms with van der Waals surface area (Å²) in [7, 11) is 0. The van der Waals surface area contributed by atoms with Crippen LogP contribution in [0.4, 0.5) is 4.79 Å².